The van der Waals surface area contributed by atoms with Gasteiger partial charge in [-0.05, 0) is 41.7 Å². The van der Waals surface area contributed by atoms with Crippen LogP contribution in [-0.2, 0) is 4.79 Å². The van der Waals surface area contributed by atoms with Gasteiger partial charge in [-0.1, -0.05) is 49.2 Å². The molecule has 162 valence electrons. The number of ketones is 1. The summed E-state index contributed by atoms with van der Waals surface area (Å²) in [6.45, 7) is 4.04. The average Bonchev–Trinajstić information content (AvgIpc) is 2.82. The van der Waals surface area contributed by atoms with Crippen molar-refractivity contribution >= 4 is 46.4 Å². The van der Waals surface area contributed by atoms with Gasteiger partial charge in [0.25, 0.3) is 0 Å². The molecule has 6 nitrogen and oxygen atoms in total. The number of halogens is 2. The van der Waals surface area contributed by atoms with Gasteiger partial charge in [-0.3, -0.25) is 9.69 Å². The van der Waals surface area contributed by atoms with Gasteiger partial charge in [-0.15, -0.1) is 0 Å². The summed E-state index contributed by atoms with van der Waals surface area (Å²) in [5.74, 6) is -0.0899. The molecule has 0 fully saturated rings. The predicted octanol–water partition coefficient (Wildman–Crippen LogP) is 5.65. The third kappa shape index (κ3) is 3.75. The molecule has 3 N–H and O–H groups in total. The van der Waals surface area contributed by atoms with Gasteiger partial charge in [-0.25, -0.2) is 4.79 Å². The maximum atomic E-state index is 13.5. The van der Waals surface area contributed by atoms with E-state index in [1.54, 1.807) is 36.4 Å². The summed E-state index contributed by atoms with van der Waals surface area (Å²) in [6.07, 6.45) is 0.907. The van der Waals surface area contributed by atoms with Crippen molar-refractivity contribution in [3.63, 3.8) is 0 Å². The summed E-state index contributed by atoms with van der Waals surface area (Å²) in [4.78, 5) is 28.1. The number of amides is 2. The number of nitrogens with zero attached hydrogens (tertiary/aromatic N) is 1. The van der Waals surface area contributed by atoms with Crippen LogP contribution < -0.4 is 15.5 Å². The third-order valence-corrected chi connectivity index (χ3v) is 6.26. The lowest BCUT2D eigenvalue weighted by atomic mass is 9.73. The Balaban J connectivity index is 2.07. The molecule has 4 rings (SSSR count). The molecule has 8 heteroatoms. The monoisotopic (exact) mass is 459 g/mol. The Labute approximate surface area is 190 Å². The molecule has 1 aliphatic heterocycles. The lowest BCUT2D eigenvalue weighted by molar-refractivity contribution is -0.118. The number of Topliss-reactive ketones (excluding diaryl/α,β-unsaturated/α-hetero) is 1. The Morgan fingerprint density at radius 2 is 1.97 bits per heavy atom. The number of benzene rings is 2. The SMILES string of the molecule is CNC(=O)N1c2cccc(O)c2NC2=C(C(=O)CC(C)(C)C2)C1c1ccc(Cl)cc1Cl. The Morgan fingerprint density at radius 3 is 2.65 bits per heavy atom. The standard InChI is InChI=1S/C23H23Cl2N3O3/c1-23(2)10-15-19(18(30)11-23)21(13-8-7-12(24)9-14(13)25)28(22(31)26-3)16-5-4-6-17(29)20(16)27-15/h4-9,21,27,29H,10-11H2,1-3H3,(H,26,31). The number of rotatable bonds is 1. The number of nitrogens with one attached hydrogen (secondary N) is 2. The third-order valence-electron chi connectivity index (χ3n) is 5.70. The summed E-state index contributed by atoms with van der Waals surface area (Å²) >= 11 is 12.7. The Kier molecular flexibility index (Phi) is 5.40. The van der Waals surface area contributed by atoms with Crippen LogP contribution in [0.5, 0.6) is 5.75 Å². The zero-order valence-electron chi connectivity index (χ0n) is 17.4. The Hall–Kier alpha value is -2.70. The van der Waals surface area contributed by atoms with E-state index in [9.17, 15) is 14.7 Å². The Morgan fingerprint density at radius 1 is 1.23 bits per heavy atom. The van der Waals surface area contributed by atoms with Gasteiger partial charge in [0.2, 0.25) is 0 Å². The number of anilines is 2. The second-order valence-corrected chi connectivity index (χ2v) is 9.47. The number of carbonyl (C=O) groups excluding carboxylic acids is 2. The zero-order chi connectivity index (χ0) is 22.5. The molecule has 2 aliphatic rings. The molecule has 1 unspecified atom stereocenters. The second-order valence-electron chi connectivity index (χ2n) is 8.62. The molecule has 0 saturated carbocycles. The first-order valence-corrected chi connectivity index (χ1v) is 10.7. The van der Waals surface area contributed by atoms with Gasteiger partial charge in [0.15, 0.2) is 5.78 Å². The maximum absolute atomic E-state index is 13.5. The van der Waals surface area contributed by atoms with Crippen molar-refractivity contribution in [1.82, 2.24) is 5.32 Å². The molecule has 1 aliphatic carbocycles. The van der Waals surface area contributed by atoms with Crippen LogP contribution in [0.25, 0.3) is 0 Å². The quantitative estimate of drug-likeness (QED) is 0.480. The van der Waals surface area contributed by atoms with Crippen molar-refractivity contribution < 1.29 is 14.7 Å². The van der Waals surface area contributed by atoms with E-state index in [1.807, 2.05) is 13.8 Å². The fourth-order valence-electron chi connectivity index (χ4n) is 4.40. The van der Waals surface area contributed by atoms with E-state index >= 15 is 0 Å². The predicted molar refractivity (Wildman–Crippen MR) is 123 cm³/mol. The summed E-state index contributed by atoms with van der Waals surface area (Å²) < 4.78 is 0. The van der Waals surface area contributed by atoms with E-state index in [4.69, 9.17) is 23.2 Å². The molecule has 2 aromatic rings. The molecule has 0 spiro atoms. The molecular formula is C23H23Cl2N3O3. The van der Waals surface area contributed by atoms with Gasteiger partial charge in [0.05, 0.1) is 11.7 Å². The highest BCUT2D eigenvalue weighted by Gasteiger charge is 2.44. The van der Waals surface area contributed by atoms with Crippen LogP contribution in [0, 0.1) is 5.41 Å². The van der Waals surface area contributed by atoms with Crippen molar-refractivity contribution in [2.45, 2.75) is 32.7 Å². The van der Waals surface area contributed by atoms with Crippen LogP contribution in [0.2, 0.25) is 10.0 Å². The number of allylic oxidation sites excluding steroid dienone is 1. The van der Waals surface area contributed by atoms with Crippen LogP contribution >= 0.6 is 23.2 Å². The minimum absolute atomic E-state index is 0.0167. The van der Waals surface area contributed by atoms with Crippen molar-refractivity contribution in [3.8, 4) is 5.75 Å². The second kappa shape index (κ2) is 7.77. The minimum Gasteiger partial charge on any atom is -0.506 e. The average molecular weight is 460 g/mol. The first kappa shape index (κ1) is 21.5. The van der Waals surface area contributed by atoms with E-state index < -0.39 is 12.1 Å². The highest BCUT2D eigenvalue weighted by molar-refractivity contribution is 6.35. The number of hydrogen-bond donors (Lipinski definition) is 3. The number of aromatic hydroxyl groups is 1. The fourth-order valence-corrected chi connectivity index (χ4v) is 4.92. The molecular weight excluding hydrogens is 437 g/mol. The molecule has 0 bridgehead atoms. The van der Waals surface area contributed by atoms with Gasteiger partial charge < -0.3 is 15.7 Å². The topological polar surface area (TPSA) is 81.7 Å². The molecule has 0 aromatic heterocycles. The van der Waals surface area contributed by atoms with Crippen LogP contribution in [0.3, 0.4) is 0 Å². The highest BCUT2D eigenvalue weighted by Crippen LogP contribution is 2.51. The summed E-state index contributed by atoms with van der Waals surface area (Å²) in [5, 5.41) is 17.3. The number of para-hydroxylation sites is 1. The molecule has 2 amide bonds. The number of phenols is 1. The van der Waals surface area contributed by atoms with Gasteiger partial charge in [0.1, 0.15) is 11.4 Å². The largest absolute Gasteiger partial charge is 0.506 e. The number of phenolic OH excluding ortho intramolecular Hbond substituents is 1. The van der Waals surface area contributed by atoms with Crippen LogP contribution in [0.4, 0.5) is 16.2 Å². The first-order chi connectivity index (χ1) is 14.6. The van der Waals surface area contributed by atoms with E-state index in [0.717, 1.165) is 0 Å². The highest BCUT2D eigenvalue weighted by atomic mass is 35.5. The smallest absolute Gasteiger partial charge is 0.322 e. The van der Waals surface area contributed by atoms with Crippen molar-refractivity contribution in [2.24, 2.45) is 5.41 Å². The van der Waals surface area contributed by atoms with E-state index in [0.29, 0.717) is 51.1 Å². The van der Waals surface area contributed by atoms with Crippen molar-refractivity contribution in [2.75, 3.05) is 17.3 Å². The zero-order valence-corrected chi connectivity index (χ0v) is 18.9. The van der Waals surface area contributed by atoms with Gasteiger partial charge in [0, 0.05) is 34.8 Å². The van der Waals surface area contributed by atoms with E-state index in [2.05, 4.69) is 10.6 Å². The fraction of sp³-hybridized carbons (Fsp3) is 0.304. The number of urea groups is 1. The summed E-state index contributed by atoms with van der Waals surface area (Å²) in [5.41, 5.74) is 2.25. The number of hydrogen-bond acceptors (Lipinski definition) is 4. The van der Waals surface area contributed by atoms with Gasteiger partial charge >= 0.3 is 6.03 Å². The van der Waals surface area contributed by atoms with Crippen molar-refractivity contribution in [3.05, 3.63) is 63.3 Å². The first-order valence-electron chi connectivity index (χ1n) is 9.94. The molecule has 1 heterocycles. The van der Waals surface area contributed by atoms with Crippen LogP contribution in [-0.4, -0.2) is 24.0 Å². The normalized spacial score (nSPS) is 19.8. The molecule has 31 heavy (non-hydrogen) atoms. The number of fused-ring (bicyclic) bond motifs is 1. The molecule has 1 atom stereocenters. The molecule has 2 aromatic carbocycles. The van der Waals surface area contributed by atoms with Crippen LogP contribution in [0.15, 0.2) is 47.7 Å². The van der Waals surface area contributed by atoms with Crippen LogP contribution in [0.1, 0.15) is 38.3 Å². The Bertz CT molecular complexity index is 1130. The summed E-state index contributed by atoms with van der Waals surface area (Å²) in [7, 11) is 1.52. The lowest BCUT2D eigenvalue weighted by Gasteiger charge is -2.37. The van der Waals surface area contributed by atoms with E-state index in [-0.39, 0.29) is 16.9 Å². The summed E-state index contributed by atoms with van der Waals surface area (Å²) in [6, 6.07) is 8.71. The minimum atomic E-state index is -0.793. The van der Waals surface area contributed by atoms with E-state index in [1.165, 1.54) is 11.9 Å². The van der Waals surface area contributed by atoms with Crippen molar-refractivity contribution in [1.29, 1.82) is 0 Å². The molecule has 0 saturated heterocycles. The maximum Gasteiger partial charge on any atom is 0.322 e. The number of carbonyl (C=O) groups is 2. The molecule has 0 radical (unpaired) electrons. The lowest BCUT2D eigenvalue weighted by Crippen LogP contribution is -2.43. The van der Waals surface area contributed by atoms with Gasteiger partial charge in [-0.2, -0.15) is 0 Å².